The number of imidazole rings is 1. The molecule has 2 aromatic heterocycles. The Morgan fingerprint density at radius 2 is 2.08 bits per heavy atom. The number of aromatic nitrogens is 3. The molecule has 1 N–H and O–H groups in total. The molecule has 1 atom stereocenters. The van der Waals surface area contributed by atoms with Crippen LogP contribution in [0.4, 0.5) is 0 Å². The van der Waals surface area contributed by atoms with E-state index in [1.807, 2.05) is 42.6 Å². The van der Waals surface area contributed by atoms with Gasteiger partial charge in [-0.3, -0.25) is 9.88 Å². The number of hydrogen-bond donors (Lipinski definition) is 1. The maximum Gasteiger partial charge on any atom is 0.121 e. The van der Waals surface area contributed by atoms with Crippen LogP contribution in [0.2, 0.25) is 0 Å². The largest absolute Gasteiger partial charge is 0.371 e. The van der Waals surface area contributed by atoms with Crippen molar-refractivity contribution in [3.05, 3.63) is 60.2 Å². The molecule has 5 heteroatoms. The van der Waals surface area contributed by atoms with E-state index < -0.39 is 0 Å². The van der Waals surface area contributed by atoms with E-state index in [1.54, 1.807) is 0 Å². The number of aromatic amines is 1. The fourth-order valence-electron chi connectivity index (χ4n) is 3.27. The molecule has 5 nitrogen and oxygen atoms in total. The van der Waals surface area contributed by atoms with E-state index in [9.17, 15) is 0 Å². The van der Waals surface area contributed by atoms with E-state index in [4.69, 9.17) is 4.74 Å². The second-order valence-electron chi connectivity index (χ2n) is 6.33. The summed E-state index contributed by atoms with van der Waals surface area (Å²) in [7, 11) is 0. The monoisotopic (exact) mass is 322 g/mol. The lowest BCUT2D eigenvalue weighted by Gasteiger charge is -2.31. The molecule has 3 aromatic rings. The molecule has 0 bridgehead atoms. The molecule has 124 valence electrons. The second kappa shape index (κ2) is 7.11. The van der Waals surface area contributed by atoms with E-state index in [0.717, 1.165) is 55.0 Å². The number of likely N-dealkylation sites (tertiary alicyclic amines) is 1. The molecule has 4 rings (SSSR count). The SMILES string of the molecule is c1ccc(COC2CCCN(Cc3nc4ccccc4[nH]3)C2)nc1. The van der Waals surface area contributed by atoms with Crippen molar-refractivity contribution in [3.63, 3.8) is 0 Å². The van der Waals surface area contributed by atoms with Crippen LogP contribution in [-0.4, -0.2) is 39.0 Å². The molecule has 1 fully saturated rings. The van der Waals surface area contributed by atoms with Crippen LogP contribution in [-0.2, 0) is 17.9 Å². The van der Waals surface area contributed by atoms with Crippen LogP contribution < -0.4 is 0 Å². The highest BCUT2D eigenvalue weighted by atomic mass is 16.5. The molecule has 0 amide bonds. The van der Waals surface area contributed by atoms with Crippen LogP contribution in [0.25, 0.3) is 11.0 Å². The first-order valence-electron chi connectivity index (χ1n) is 8.54. The standard InChI is InChI=1S/C19H22N4O/c1-2-9-18-17(8-1)21-19(22-18)13-23-11-5-7-16(12-23)24-14-15-6-3-4-10-20-15/h1-4,6,8-10,16H,5,7,11-14H2,(H,21,22). The van der Waals surface area contributed by atoms with Crippen molar-refractivity contribution in [2.45, 2.75) is 32.1 Å². The highest BCUT2D eigenvalue weighted by Gasteiger charge is 2.21. The Morgan fingerprint density at radius 3 is 2.96 bits per heavy atom. The summed E-state index contributed by atoms with van der Waals surface area (Å²) in [5.74, 6) is 1.03. The Hall–Kier alpha value is -2.24. The van der Waals surface area contributed by atoms with Gasteiger partial charge in [0, 0.05) is 12.7 Å². The summed E-state index contributed by atoms with van der Waals surface area (Å²) in [6.07, 6.45) is 4.36. The van der Waals surface area contributed by atoms with Crippen LogP contribution in [0, 0.1) is 0 Å². The van der Waals surface area contributed by atoms with Crippen LogP contribution >= 0.6 is 0 Å². The Labute approximate surface area is 141 Å². The summed E-state index contributed by atoms with van der Waals surface area (Å²) in [6, 6.07) is 14.1. The van der Waals surface area contributed by atoms with Crippen molar-refractivity contribution < 1.29 is 4.74 Å². The minimum absolute atomic E-state index is 0.269. The first-order chi connectivity index (χ1) is 11.9. The third kappa shape index (κ3) is 3.63. The second-order valence-corrected chi connectivity index (χ2v) is 6.33. The molecule has 1 aliphatic heterocycles. The summed E-state index contributed by atoms with van der Waals surface area (Å²) in [5, 5.41) is 0. The van der Waals surface area contributed by atoms with Gasteiger partial charge in [-0.2, -0.15) is 0 Å². The van der Waals surface area contributed by atoms with Gasteiger partial charge in [-0.1, -0.05) is 18.2 Å². The van der Waals surface area contributed by atoms with Gasteiger partial charge in [0.05, 0.1) is 36.0 Å². The number of rotatable bonds is 5. The number of piperidine rings is 1. The van der Waals surface area contributed by atoms with Crippen molar-refractivity contribution in [3.8, 4) is 0 Å². The molecule has 1 aromatic carbocycles. The Bertz CT molecular complexity index is 753. The van der Waals surface area contributed by atoms with Gasteiger partial charge in [-0.05, 0) is 43.7 Å². The highest BCUT2D eigenvalue weighted by Crippen LogP contribution is 2.18. The Morgan fingerprint density at radius 1 is 1.17 bits per heavy atom. The fourth-order valence-corrected chi connectivity index (χ4v) is 3.27. The van der Waals surface area contributed by atoms with Crippen molar-refractivity contribution in [1.82, 2.24) is 19.9 Å². The van der Waals surface area contributed by atoms with Crippen molar-refractivity contribution in [1.29, 1.82) is 0 Å². The van der Waals surface area contributed by atoms with E-state index in [-0.39, 0.29) is 6.10 Å². The third-order valence-corrected chi connectivity index (χ3v) is 4.47. The zero-order chi connectivity index (χ0) is 16.2. The molecule has 0 spiro atoms. The first kappa shape index (κ1) is 15.3. The van der Waals surface area contributed by atoms with Crippen LogP contribution in [0.5, 0.6) is 0 Å². The molecule has 1 aliphatic rings. The number of nitrogens with zero attached hydrogens (tertiary/aromatic N) is 3. The van der Waals surface area contributed by atoms with Gasteiger partial charge in [-0.15, -0.1) is 0 Å². The molecule has 1 unspecified atom stereocenters. The Kier molecular flexibility index (Phi) is 4.53. The molecule has 1 saturated heterocycles. The highest BCUT2D eigenvalue weighted by molar-refractivity contribution is 5.74. The van der Waals surface area contributed by atoms with Crippen LogP contribution in [0.3, 0.4) is 0 Å². The summed E-state index contributed by atoms with van der Waals surface area (Å²) in [6.45, 7) is 3.48. The van der Waals surface area contributed by atoms with Gasteiger partial charge in [0.25, 0.3) is 0 Å². The maximum atomic E-state index is 6.06. The molecule has 24 heavy (non-hydrogen) atoms. The van der Waals surface area contributed by atoms with Gasteiger partial charge in [0.1, 0.15) is 5.82 Å². The normalized spacial score (nSPS) is 18.9. The van der Waals surface area contributed by atoms with Crippen molar-refractivity contribution in [2.75, 3.05) is 13.1 Å². The van der Waals surface area contributed by atoms with Crippen LogP contribution in [0.1, 0.15) is 24.4 Å². The third-order valence-electron chi connectivity index (χ3n) is 4.47. The zero-order valence-electron chi connectivity index (χ0n) is 13.7. The molecule has 0 radical (unpaired) electrons. The summed E-state index contributed by atoms with van der Waals surface area (Å²) < 4.78 is 6.06. The number of H-pyrrole nitrogens is 1. The molecular formula is C19H22N4O. The summed E-state index contributed by atoms with van der Waals surface area (Å²) >= 11 is 0. The van der Waals surface area contributed by atoms with Gasteiger partial charge in [0.2, 0.25) is 0 Å². The lowest BCUT2D eigenvalue weighted by molar-refractivity contribution is -0.0137. The summed E-state index contributed by atoms with van der Waals surface area (Å²) in [4.78, 5) is 14.8. The predicted molar refractivity (Wildman–Crippen MR) is 93.4 cm³/mol. The quantitative estimate of drug-likeness (QED) is 0.784. The molecule has 0 saturated carbocycles. The van der Waals surface area contributed by atoms with E-state index in [1.165, 1.54) is 0 Å². The predicted octanol–water partition coefficient (Wildman–Crippen LogP) is 3.14. The van der Waals surface area contributed by atoms with Crippen LogP contribution in [0.15, 0.2) is 48.7 Å². The van der Waals surface area contributed by atoms with Crippen molar-refractivity contribution in [2.24, 2.45) is 0 Å². The average Bonchev–Trinajstić information content (AvgIpc) is 3.03. The van der Waals surface area contributed by atoms with E-state index in [0.29, 0.717) is 6.61 Å². The number of para-hydroxylation sites is 2. The minimum Gasteiger partial charge on any atom is -0.371 e. The summed E-state index contributed by atoms with van der Waals surface area (Å²) in [5.41, 5.74) is 3.13. The molecule has 0 aliphatic carbocycles. The first-order valence-corrected chi connectivity index (χ1v) is 8.54. The van der Waals surface area contributed by atoms with Gasteiger partial charge in [0.15, 0.2) is 0 Å². The Balaban J connectivity index is 1.34. The van der Waals surface area contributed by atoms with Gasteiger partial charge < -0.3 is 9.72 Å². The van der Waals surface area contributed by atoms with E-state index in [2.05, 4.69) is 25.9 Å². The molecular weight excluding hydrogens is 300 g/mol. The smallest absolute Gasteiger partial charge is 0.121 e. The maximum absolute atomic E-state index is 6.06. The van der Waals surface area contributed by atoms with Crippen molar-refractivity contribution >= 4 is 11.0 Å². The number of hydrogen-bond acceptors (Lipinski definition) is 4. The van der Waals surface area contributed by atoms with Gasteiger partial charge >= 0.3 is 0 Å². The van der Waals surface area contributed by atoms with Gasteiger partial charge in [-0.25, -0.2) is 4.98 Å². The number of fused-ring (bicyclic) bond motifs is 1. The topological polar surface area (TPSA) is 54.0 Å². The minimum atomic E-state index is 0.269. The lowest BCUT2D eigenvalue weighted by Crippen LogP contribution is -2.39. The fraction of sp³-hybridized carbons (Fsp3) is 0.368. The zero-order valence-corrected chi connectivity index (χ0v) is 13.7. The number of benzene rings is 1. The number of pyridine rings is 1. The lowest BCUT2D eigenvalue weighted by atomic mass is 10.1. The number of nitrogens with one attached hydrogen (secondary N) is 1. The van der Waals surface area contributed by atoms with E-state index >= 15 is 0 Å². The molecule has 3 heterocycles. The average molecular weight is 322 g/mol. The number of ether oxygens (including phenoxy) is 1.